The van der Waals surface area contributed by atoms with Crippen molar-refractivity contribution in [3.63, 3.8) is 0 Å². The summed E-state index contributed by atoms with van der Waals surface area (Å²) in [5.74, 6) is 0. The van der Waals surface area contributed by atoms with E-state index in [1.807, 2.05) is 0 Å². The van der Waals surface area contributed by atoms with E-state index in [4.69, 9.17) is 0 Å². The maximum absolute atomic E-state index is 4.36. The van der Waals surface area contributed by atoms with Gasteiger partial charge < -0.3 is 0 Å². The Hall–Kier alpha value is -0.920. The van der Waals surface area contributed by atoms with Gasteiger partial charge in [0.25, 0.3) is 0 Å². The Kier molecular flexibility index (Phi) is 5.30. The zero-order valence-corrected chi connectivity index (χ0v) is 10.2. The lowest BCUT2D eigenvalue weighted by Gasteiger charge is -2.07. The first kappa shape index (κ1) is 12.2. The van der Waals surface area contributed by atoms with Crippen molar-refractivity contribution in [2.75, 3.05) is 0 Å². The molecule has 0 fully saturated rings. The summed E-state index contributed by atoms with van der Waals surface area (Å²) in [5, 5.41) is 8.64. The van der Waals surface area contributed by atoms with E-state index in [0.717, 1.165) is 37.8 Å². The monoisotopic (exact) mass is 206 g/mol. The minimum Gasteiger partial charge on any atom is -0.155 e. The summed E-state index contributed by atoms with van der Waals surface area (Å²) < 4.78 is 0. The van der Waals surface area contributed by atoms with Gasteiger partial charge in [0, 0.05) is 0 Å². The van der Waals surface area contributed by atoms with Crippen molar-refractivity contribution in [1.29, 1.82) is 0 Å². The molecule has 0 aliphatic rings. The predicted molar refractivity (Wildman–Crippen MR) is 64.0 cm³/mol. The van der Waals surface area contributed by atoms with Crippen LogP contribution in [0, 0.1) is 0 Å². The first-order chi connectivity index (χ1) is 7.31. The molecule has 0 atom stereocenters. The lowest BCUT2D eigenvalue weighted by molar-refractivity contribution is 0.757. The Bertz CT molecular complexity index is 295. The summed E-state index contributed by atoms with van der Waals surface area (Å²) in [6, 6.07) is 2.25. The van der Waals surface area contributed by atoms with Crippen LogP contribution in [0.5, 0.6) is 0 Å². The van der Waals surface area contributed by atoms with E-state index in [1.54, 1.807) is 0 Å². The molecule has 1 heterocycles. The second-order valence-electron chi connectivity index (χ2n) is 4.06. The van der Waals surface area contributed by atoms with Gasteiger partial charge in [-0.3, -0.25) is 0 Å². The van der Waals surface area contributed by atoms with E-state index in [9.17, 15) is 0 Å². The molecule has 2 heteroatoms. The fourth-order valence-electron chi connectivity index (χ4n) is 1.81. The number of aryl methyl sites for hydroxylation is 3. The van der Waals surface area contributed by atoms with E-state index in [1.165, 1.54) is 17.7 Å². The number of hydrogen-bond acceptors (Lipinski definition) is 2. The smallest absolute Gasteiger partial charge is 0.0663 e. The van der Waals surface area contributed by atoms with E-state index in [2.05, 4.69) is 37.0 Å². The van der Waals surface area contributed by atoms with Gasteiger partial charge in [-0.1, -0.05) is 40.0 Å². The van der Waals surface area contributed by atoms with E-state index >= 15 is 0 Å². The van der Waals surface area contributed by atoms with Crippen LogP contribution >= 0.6 is 0 Å². The Morgan fingerprint density at radius 1 is 0.867 bits per heavy atom. The maximum Gasteiger partial charge on any atom is 0.0663 e. The second kappa shape index (κ2) is 6.54. The zero-order valence-electron chi connectivity index (χ0n) is 10.2. The number of hydrogen-bond donors (Lipinski definition) is 0. The van der Waals surface area contributed by atoms with E-state index in [0.29, 0.717) is 0 Å². The molecule has 0 saturated carbocycles. The van der Waals surface area contributed by atoms with Crippen molar-refractivity contribution in [1.82, 2.24) is 10.2 Å². The molecule has 0 aromatic carbocycles. The minimum atomic E-state index is 1.05. The number of aromatic nitrogens is 2. The molecule has 0 aliphatic carbocycles. The molecule has 0 unspecified atom stereocenters. The molecule has 0 amide bonds. The van der Waals surface area contributed by atoms with Gasteiger partial charge in [-0.05, 0) is 30.9 Å². The molecule has 0 N–H and O–H groups in total. The van der Waals surface area contributed by atoms with Crippen LogP contribution in [0.3, 0.4) is 0 Å². The molecule has 1 rings (SSSR count). The lowest BCUT2D eigenvalue weighted by Crippen LogP contribution is -2.03. The molecule has 0 bridgehead atoms. The highest BCUT2D eigenvalue weighted by Gasteiger charge is 2.05. The third-order valence-corrected chi connectivity index (χ3v) is 2.52. The van der Waals surface area contributed by atoms with Gasteiger partial charge in [0.2, 0.25) is 0 Å². The third-order valence-electron chi connectivity index (χ3n) is 2.52. The summed E-state index contributed by atoms with van der Waals surface area (Å²) in [5.41, 5.74) is 3.78. The molecule has 1 aromatic rings. The quantitative estimate of drug-likeness (QED) is 0.713. The van der Waals surface area contributed by atoms with Crippen LogP contribution < -0.4 is 0 Å². The van der Waals surface area contributed by atoms with Crippen LogP contribution in [0.2, 0.25) is 0 Å². The highest BCUT2D eigenvalue weighted by atomic mass is 15.1. The first-order valence-corrected chi connectivity index (χ1v) is 6.16. The zero-order chi connectivity index (χ0) is 11.1. The Morgan fingerprint density at radius 2 is 1.53 bits per heavy atom. The van der Waals surface area contributed by atoms with Gasteiger partial charge in [-0.15, -0.1) is 0 Å². The number of nitrogens with zero attached hydrogens (tertiary/aromatic N) is 2. The van der Waals surface area contributed by atoms with Gasteiger partial charge >= 0.3 is 0 Å². The predicted octanol–water partition coefficient (Wildman–Crippen LogP) is 3.33. The molecule has 2 nitrogen and oxygen atoms in total. The molecule has 15 heavy (non-hydrogen) atoms. The van der Waals surface area contributed by atoms with Crippen LogP contribution in [0.25, 0.3) is 0 Å². The van der Waals surface area contributed by atoms with Crippen molar-refractivity contribution < 1.29 is 0 Å². The highest BCUT2D eigenvalue weighted by Crippen LogP contribution is 2.12. The molecule has 0 aliphatic heterocycles. The summed E-state index contributed by atoms with van der Waals surface area (Å²) >= 11 is 0. The van der Waals surface area contributed by atoms with Gasteiger partial charge in [-0.2, -0.15) is 10.2 Å². The Morgan fingerprint density at radius 3 is 2.13 bits per heavy atom. The molecular formula is C13H22N2. The van der Waals surface area contributed by atoms with E-state index in [-0.39, 0.29) is 0 Å². The van der Waals surface area contributed by atoms with Crippen molar-refractivity contribution in [3.05, 3.63) is 23.0 Å². The Balaban J connectivity index is 2.87. The highest BCUT2D eigenvalue weighted by molar-refractivity contribution is 5.21. The van der Waals surface area contributed by atoms with Crippen LogP contribution in [-0.2, 0) is 19.3 Å². The molecule has 1 aromatic heterocycles. The maximum atomic E-state index is 4.36. The molecule has 84 valence electrons. The van der Waals surface area contributed by atoms with Crippen molar-refractivity contribution in [2.24, 2.45) is 0 Å². The van der Waals surface area contributed by atoms with Crippen LogP contribution in [-0.4, -0.2) is 10.2 Å². The molecular weight excluding hydrogens is 184 g/mol. The SMILES string of the molecule is CCCc1cc(CCC)c(CCC)nn1. The number of rotatable bonds is 6. The van der Waals surface area contributed by atoms with Crippen molar-refractivity contribution in [2.45, 2.75) is 59.3 Å². The van der Waals surface area contributed by atoms with Gasteiger partial charge in [0.1, 0.15) is 0 Å². The van der Waals surface area contributed by atoms with E-state index < -0.39 is 0 Å². The summed E-state index contributed by atoms with van der Waals surface area (Å²) in [4.78, 5) is 0. The van der Waals surface area contributed by atoms with Crippen molar-refractivity contribution in [3.8, 4) is 0 Å². The standard InChI is InChI=1S/C13H22N2/c1-4-7-11-10-12(8-5-2)14-15-13(11)9-6-3/h10H,4-9H2,1-3H3. The molecule has 0 radical (unpaired) electrons. The van der Waals surface area contributed by atoms with Gasteiger partial charge in [0.15, 0.2) is 0 Å². The Labute approximate surface area is 93.1 Å². The fraction of sp³-hybridized carbons (Fsp3) is 0.692. The topological polar surface area (TPSA) is 25.8 Å². The summed E-state index contributed by atoms with van der Waals surface area (Å²) in [6.07, 6.45) is 6.74. The second-order valence-corrected chi connectivity index (χ2v) is 4.06. The third kappa shape index (κ3) is 3.61. The van der Waals surface area contributed by atoms with Crippen LogP contribution in [0.1, 0.15) is 57.0 Å². The molecule has 0 spiro atoms. The summed E-state index contributed by atoms with van der Waals surface area (Å²) in [6.45, 7) is 6.59. The average molecular weight is 206 g/mol. The fourth-order valence-corrected chi connectivity index (χ4v) is 1.81. The largest absolute Gasteiger partial charge is 0.155 e. The minimum absolute atomic E-state index is 1.05. The normalized spacial score (nSPS) is 10.6. The van der Waals surface area contributed by atoms with Crippen LogP contribution in [0.15, 0.2) is 6.07 Å². The van der Waals surface area contributed by atoms with Gasteiger partial charge in [0.05, 0.1) is 11.4 Å². The van der Waals surface area contributed by atoms with Gasteiger partial charge in [-0.25, -0.2) is 0 Å². The van der Waals surface area contributed by atoms with Crippen LogP contribution in [0.4, 0.5) is 0 Å². The average Bonchev–Trinajstić information content (AvgIpc) is 2.23. The molecule has 0 saturated heterocycles. The lowest BCUT2D eigenvalue weighted by atomic mass is 10.0. The first-order valence-electron chi connectivity index (χ1n) is 6.16. The van der Waals surface area contributed by atoms with Crippen molar-refractivity contribution >= 4 is 0 Å². The summed E-state index contributed by atoms with van der Waals surface area (Å²) in [7, 11) is 0.